The van der Waals surface area contributed by atoms with Gasteiger partial charge in [-0.25, -0.2) is 0 Å². The van der Waals surface area contributed by atoms with E-state index >= 15 is 0 Å². The molecule has 0 saturated heterocycles. The van der Waals surface area contributed by atoms with E-state index in [4.69, 9.17) is 11.6 Å². The van der Waals surface area contributed by atoms with Gasteiger partial charge in [0.15, 0.2) is 0 Å². The summed E-state index contributed by atoms with van der Waals surface area (Å²) in [6.45, 7) is 20.0. The summed E-state index contributed by atoms with van der Waals surface area (Å²) in [5, 5.41) is 1.30. The second-order valence-corrected chi connectivity index (χ2v) is 12.3. The van der Waals surface area contributed by atoms with Crippen LogP contribution in [0.15, 0.2) is 23.4 Å². The summed E-state index contributed by atoms with van der Waals surface area (Å²) in [7, 11) is -1.38. The van der Waals surface area contributed by atoms with Crippen LogP contribution in [-0.4, -0.2) is 12.9 Å². The average molecular weight is 273 g/mol. The van der Waals surface area contributed by atoms with Crippen LogP contribution in [0, 0.1) is 5.92 Å². The van der Waals surface area contributed by atoms with Crippen molar-refractivity contribution in [3.05, 3.63) is 23.4 Å². The molecule has 0 aromatic heterocycles. The first-order chi connectivity index (χ1) is 7.51. The molecule has 0 bridgehead atoms. The summed E-state index contributed by atoms with van der Waals surface area (Å²) < 4.78 is 0. The maximum absolute atomic E-state index is 6.90. The minimum atomic E-state index is -1.38. The SMILES string of the molecule is C=C(C(Cl)(CCC=C(C)C)C(C)C)[Si](C)(C)C. The first-order valence-corrected chi connectivity index (χ1v) is 10.4. The van der Waals surface area contributed by atoms with E-state index in [-0.39, 0.29) is 4.87 Å². The van der Waals surface area contributed by atoms with Crippen molar-refractivity contribution in [2.45, 2.75) is 65.1 Å². The zero-order valence-electron chi connectivity index (χ0n) is 12.7. The summed E-state index contributed by atoms with van der Waals surface area (Å²) in [5.74, 6) is 0.439. The van der Waals surface area contributed by atoms with Crippen molar-refractivity contribution in [2.75, 3.05) is 0 Å². The molecule has 0 saturated carbocycles. The van der Waals surface area contributed by atoms with E-state index in [9.17, 15) is 0 Å². The monoisotopic (exact) mass is 272 g/mol. The van der Waals surface area contributed by atoms with Gasteiger partial charge in [-0.15, -0.1) is 18.2 Å². The maximum Gasteiger partial charge on any atom is 0.0739 e. The van der Waals surface area contributed by atoms with Gasteiger partial charge in [0.25, 0.3) is 0 Å². The van der Waals surface area contributed by atoms with E-state index in [0.717, 1.165) is 12.8 Å². The third-order valence-corrected chi connectivity index (χ3v) is 6.65. The van der Waals surface area contributed by atoms with E-state index in [1.807, 2.05) is 0 Å². The Kier molecular flexibility index (Phi) is 6.24. The number of alkyl halides is 1. The number of rotatable bonds is 6. The summed E-state index contributed by atoms with van der Waals surface area (Å²) in [6, 6.07) is 0. The molecule has 0 fully saturated rings. The van der Waals surface area contributed by atoms with Crippen molar-refractivity contribution in [3.63, 3.8) is 0 Å². The van der Waals surface area contributed by atoms with Crippen molar-refractivity contribution in [1.82, 2.24) is 0 Å². The molecule has 0 aromatic rings. The molecule has 0 aliphatic rings. The van der Waals surface area contributed by atoms with E-state index in [1.54, 1.807) is 0 Å². The standard InChI is InChI=1S/C15H29ClSi/c1-12(2)10-9-11-15(16,13(3)4)14(5)17(6,7)8/h10,13H,5,9,11H2,1-4,6-8H3. The zero-order valence-corrected chi connectivity index (χ0v) is 14.4. The Morgan fingerprint density at radius 3 is 2.06 bits per heavy atom. The Morgan fingerprint density at radius 1 is 1.29 bits per heavy atom. The zero-order chi connectivity index (χ0) is 13.9. The van der Waals surface area contributed by atoms with Crippen LogP contribution in [0.4, 0.5) is 0 Å². The van der Waals surface area contributed by atoms with Gasteiger partial charge in [-0.05, 0) is 32.6 Å². The van der Waals surface area contributed by atoms with Crippen LogP contribution in [0.2, 0.25) is 19.6 Å². The average Bonchev–Trinajstić information content (AvgIpc) is 2.13. The molecule has 0 aliphatic heterocycles. The number of hydrogen-bond acceptors (Lipinski definition) is 0. The van der Waals surface area contributed by atoms with E-state index in [0.29, 0.717) is 5.92 Å². The van der Waals surface area contributed by atoms with Crippen LogP contribution >= 0.6 is 11.6 Å². The van der Waals surface area contributed by atoms with Gasteiger partial charge in [0.1, 0.15) is 0 Å². The fourth-order valence-electron chi connectivity index (χ4n) is 1.98. The Balaban J connectivity index is 4.93. The first-order valence-electron chi connectivity index (χ1n) is 6.54. The summed E-state index contributed by atoms with van der Waals surface area (Å²) in [4.78, 5) is -0.226. The molecule has 1 atom stereocenters. The molecule has 0 amide bonds. The van der Waals surface area contributed by atoms with Crippen molar-refractivity contribution in [2.24, 2.45) is 5.92 Å². The second-order valence-electron chi connectivity index (χ2n) is 6.57. The molecule has 0 nitrogen and oxygen atoms in total. The minimum Gasteiger partial charge on any atom is -0.115 e. The highest BCUT2D eigenvalue weighted by atomic mass is 35.5. The van der Waals surface area contributed by atoms with Crippen molar-refractivity contribution >= 4 is 19.7 Å². The van der Waals surface area contributed by atoms with Gasteiger partial charge in [-0.3, -0.25) is 0 Å². The highest BCUT2D eigenvalue weighted by Gasteiger charge is 2.39. The lowest BCUT2D eigenvalue weighted by Gasteiger charge is -2.39. The highest BCUT2D eigenvalue weighted by molar-refractivity contribution is 6.84. The van der Waals surface area contributed by atoms with Crippen molar-refractivity contribution in [3.8, 4) is 0 Å². The number of halogens is 1. The van der Waals surface area contributed by atoms with Gasteiger partial charge in [0.2, 0.25) is 0 Å². The van der Waals surface area contributed by atoms with Crippen LogP contribution in [-0.2, 0) is 0 Å². The third-order valence-electron chi connectivity index (χ3n) is 3.38. The van der Waals surface area contributed by atoms with Crippen LogP contribution in [0.3, 0.4) is 0 Å². The highest BCUT2D eigenvalue weighted by Crippen LogP contribution is 2.41. The minimum absolute atomic E-state index is 0.226. The molecule has 0 heterocycles. The topological polar surface area (TPSA) is 0 Å². The normalized spacial score (nSPS) is 15.6. The number of hydrogen-bond donors (Lipinski definition) is 0. The predicted octanol–water partition coefficient (Wildman–Crippen LogP) is 5.80. The Morgan fingerprint density at radius 2 is 1.76 bits per heavy atom. The fourth-order valence-corrected chi connectivity index (χ4v) is 4.60. The van der Waals surface area contributed by atoms with Crippen LogP contribution in [0.1, 0.15) is 40.5 Å². The van der Waals surface area contributed by atoms with E-state index < -0.39 is 8.07 Å². The molecule has 0 aliphatic carbocycles. The van der Waals surface area contributed by atoms with Crippen LogP contribution < -0.4 is 0 Å². The summed E-state index contributed by atoms with van der Waals surface area (Å²) in [5.41, 5.74) is 1.37. The van der Waals surface area contributed by atoms with Crippen LogP contribution in [0.5, 0.6) is 0 Å². The third kappa shape index (κ3) is 5.01. The molecule has 0 radical (unpaired) electrons. The maximum atomic E-state index is 6.90. The van der Waals surface area contributed by atoms with Gasteiger partial charge in [0.05, 0.1) is 12.9 Å². The molecule has 100 valence electrons. The van der Waals surface area contributed by atoms with Crippen molar-refractivity contribution in [1.29, 1.82) is 0 Å². The first kappa shape index (κ1) is 17.0. The molecule has 0 N–H and O–H groups in total. The fraction of sp³-hybridized carbons (Fsp3) is 0.733. The molecular weight excluding hydrogens is 244 g/mol. The second kappa shape index (κ2) is 6.24. The summed E-state index contributed by atoms with van der Waals surface area (Å²) in [6.07, 6.45) is 4.32. The molecule has 0 aromatic carbocycles. The molecular formula is C15H29ClSi. The van der Waals surface area contributed by atoms with Crippen LogP contribution in [0.25, 0.3) is 0 Å². The molecule has 0 spiro atoms. The molecule has 0 rings (SSSR count). The van der Waals surface area contributed by atoms with E-state index in [1.165, 1.54) is 10.8 Å². The van der Waals surface area contributed by atoms with E-state index in [2.05, 4.69) is 60.0 Å². The number of allylic oxidation sites excluding steroid dienone is 3. The quantitative estimate of drug-likeness (QED) is 0.326. The Hall–Kier alpha value is -0.0131. The lowest BCUT2D eigenvalue weighted by molar-refractivity contribution is 0.464. The lowest BCUT2D eigenvalue weighted by Crippen LogP contribution is -2.41. The van der Waals surface area contributed by atoms with Gasteiger partial charge in [0, 0.05) is 0 Å². The van der Waals surface area contributed by atoms with Gasteiger partial charge in [-0.2, -0.15) is 0 Å². The predicted molar refractivity (Wildman–Crippen MR) is 84.6 cm³/mol. The van der Waals surface area contributed by atoms with Gasteiger partial charge in [-0.1, -0.05) is 50.3 Å². The van der Waals surface area contributed by atoms with Crippen molar-refractivity contribution < 1.29 is 0 Å². The Labute approximate surface area is 114 Å². The largest absolute Gasteiger partial charge is 0.115 e. The molecule has 2 heteroatoms. The smallest absolute Gasteiger partial charge is 0.0739 e. The van der Waals surface area contributed by atoms with Gasteiger partial charge < -0.3 is 0 Å². The summed E-state index contributed by atoms with van der Waals surface area (Å²) >= 11 is 6.90. The lowest BCUT2D eigenvalue weighted by atomic mass is 9.89. The Bertz CT molecular complexity index is 293. The molecule has 17 heavy (non-hydrogen) atoms. The molecule has 1 unspecified atom stereocenters. The van der Waals surface area contributed by atoms with Gasteiger partial charge >= 0.3 is 0 Å².